The molecule has 1 unspecified atom stereocenters. The van der Waals surface area contributed by atoms with Gasteiger partial charge in [0.15, 0.2) is 9.84 Å². The molecule has 0 fully saturated rings. The van der Waals surface area contributed by atoms with Crippen LogP contribution in [0.5, 0.6) is 0 Å². The molecule has 0 aliphatic rings. The van der Waals surface area contributed by atoms with Crippen LogP contribution < -0.4 is 0 Å². The Morgan fingerprint density at radius 3 is 2.43 bits per heavy atom. The van der Waals surface area contributed by atoms with Crippen molar-refractivity contribution in [1.29, 1.82) is 0 Å². The van der Waals surface area contributed by atoms with Gasteiger partial charge in [-0.3, -0.25) is 4.21 Å². The maximum absolute atomic E-state index is 12.1. The summed E-state index contributed by atoms with van der Waals surface area (Å²) in [5.41, 5.74) is 0.948. The first-order valence-corrected chi connectivity index (χ1v) is 10.4. The van der Waals surface area contributed by atoms with Crippen LogP contribution in [0.1, 0.15) is 15.6 Å². The predicted molar refractivity (Wildman–Crippen MR) is 86.8 cm³/mol. The van der Waals surface area contributed by atoms with Crippen molar-refractivity contribution < 1.29 is 12.6 Å². The Bertz CT molecular complexity index is 717. The third-order valence-electron chi connectivity index (χ3n) is 3.04. The normalized spacial score (nSPS) is 13.2. The van der Waals surface area contributed by atoms with Gasteiger partial charge in [-0.15, -0.1) is 11.3 Å². The van der Waals surface area contributed by atoms with Gasteiger partial charge in [0.2, 0.25) is 0 Å². The highest BCUT2D eigenvalue weighted by Crippen LogP contribution is 2.18. The molecule has 0 spiro atoms. The fourth-order valence-electron chi connectivity index (χ4n) is 1.76. The van der Waals surface area contributed by atoms with E-state index in [4.69, 9.17) is 0 Å². The third kappa shape index (κ3) is 4.46. The molecule has 2 rings (SSSR count). The lowest BCUT2D eigenvalue weighted by atomic mass is 10.4. The minimum absolute atomic E-state index is 0.104. The molecular formula is C14H17NO3S3. The Kier molecular flexibility index (Phi) is 5.29. The molecule has 0 saturated heterocycles. The molecule has 7 heteroatoms. The third-order valence-corrected chi connectivity index (χ3v) is 7.54. The molecule has 1 aromatic heterocycles. The summed E-state index contributed by atoms with van der Waals surface area (Å²) in [6.07, 6.45) is 0. The van der Waals surface area contributed by atoms with Crippen LogP contribution in [0.15, 0.2) is 35.2 Å². The minimum atomic E-state index is -3.36. The van der Waals surface area contributed by atoms with Crippen LogP contribution in [0.3, 0.4) is 0 Å². The molecule has 4 nitrogen and oxygen atoms in total. The second-order valence-electron chi connectivity index (χ2n) is 4.67. The summed E-state index contributed by atoms with van der Waals surface area (Å²) in [4.78, 5) is 5.72. The number of rotatable bonds is 6. The predicted octanol–water partition coefficient (Wildman–Crippen LogP) is 2.48. The van der Waals surface area contributed by atoms with E-state index in [1.165, 1.54) is 11.3 Å². The zero-order valence-electron chi connectivity index (χ0n) is 11.9. The number of hydrogen-bond donors (Lipinski definition) is 0. The first-order valence-electron chi connectivity index (χ1n) is 6.44. The largest absolute Gasteiger partial charge is 0.259 e. The Balaban J connectivity index is 1.95. The van der Waals surface area contributed by atoms with E-state index in [9.17, 15) is 12.6 Å². The van der Waals surface area contributed by atoms with Gasteiger partial charge in [0.25, 0.3) is 0 Å². The van der Waals surface area contributed by atoms with Gasteiger partial charge in [0.05, 0.1) is 22.1 Å². The average molecular weight is 343 g/mol. The van der Waals surface area contributed by atoms with Crippen LogP contribution in [0.25, 0.3) is 0 Å². The number of sulfone groups is 1. The maximum Gasteiger partial charge on any atom is 0.179 e. The number of hydrogen-bond acceptors (Lipinski definition) is 5. The highest BCUT2D eigenvalue weighted by molar-refractivity contribution is 7.93. The zero-order chi connectivity index (χ0) is 15.5. The van der Waals surface area contributed by atoms with E-state index in [0.717, 1.165) is 15.6 Å². The van der Waals surface area contributed by atoms with Gasteiger partial charge < -0.3 is 0 Å². The quantitative estimate of drug-likeness (QED) is 0.808. The van der Waals surface area contributed by atoms with Crippen molar-refractivity contribution in [3.8, 4) is 0 Å². The minimum Gasteiger partial charge on any atom is -0.259 e. The van der Waals surface area contributed by atoms with Crippen LogP contribution in [-0.2, 0) is 26.4 Å². The second-order valence-corrected chi connectivity index (χ2v) is 9.64. The van der Waals surface area contributed by atoms with Gasteiger partial charge in [-0.05, 0) is 26.0 Å². The van der Waals surface area contributed by atoms with Crippen LogP contribution in [-0.4, -0.2) is 29.1 Å². The lowest BCUT2D eigenvalue weighted by Gasteiger charge is -2.04. The van der Waals surface area contributed by atoms with Gasteiger partial charge in [-0.25, -0.2) is 13.4 Å². The van der Waals surface area contributed by atoms with E-state index in [1.54, 1.807) is 30.3 Å². The summed E-state index contributed by atoms with van der Waals surface area (Å²) in [7, 11) is -4.58. The molecule has 0 aliphatic carbocycles. The lowest BCUT2D eigenvalue weighted by molar-refractivity contribution is 0.597. The molecule has 1 heterocycles. The van der Waals surface area contributed by atoms with Crippen molar-refractivity contribution in [2.45, 2.75) is 24.5 Å². The van der Waals surface area contributed by atoms with Crippen molar-refractivity contribution in [2.24, 2.45) is 0 Å². The van der Waals surface area contributed by atoms with Crippen molar-refractivity contribution >= 4 is 32.0 Å². The van der Waals surface area contributed by atoms with Crippen molar-refractivity contribution in [3.63, 3.8) is 0 Å². The molecule has 1 atom stereocenters. The van der Waals surface area contributed by atoms with Crippen LogP contribution >= 0.6 is 11.3 Å². The molecule has 114 valence electrons. The van der Waals surface area contributed by atoms with Crippen LogP contribution in [0.2, 0.25) is 0 Å². The summed E-state index contributed by atoms with van der Waals surface area (Å²) in [5, 5.41) is 0.806. The summed E-state index contributed by atoms with van der Waals surface area (Å²) < 4.78 is 36.2. The standard InChI is InChI=1S/C14H17NO3S3/c1-11-12(2)19-14(15-11)10-20(16)8-9-21(17,18)13-6-4-3-5-7-13/h3-7H,8-10H2,1-2H3. The molecule has 0 aliphatic heterocycles. The van der Waals surface area contributed by atoms with Gasteiger partial charge in [-0.2, -0.15) is 0 Å². The van der Waals surface area contributed by atoms with E-state index in [2.05, 4.69) is 4.98 Å². The molecule has 0 N–H and O–H groups in total. The Morgan fingerprint density at radius 2 is 1.86 bits per heavy atom. The van der Waals surface area contributed by atoms with Crippen LogP contribution in [0, 0.1) is 13.8 Å². The Morgan fingerprint density at radius 1 is 1.19 bits per heavy atom. The fourth-order valence-corrected chi connectivity index (χ4v) is 6.03. The zero-order valence-corrected chi connectivity index (χ0v) is 14.4. The first kappa shape index (κ1) is 16.3. The van der Waals surface area contributed by atoms with E-state index in [-0.39, 0.29) is 16.4 Å². The molecule has 0 radical (unpaired) electrons. The molecule has 0 amide bonds. The monoisotopic (exact) mass is 343 g/mol. The number of thiazole rings is 1. The Hall–Kier alpha value is -1.05. The number of aromatic nitrogens is 1. The number of aryl methyl sites for hydroxylation is 2. The highest BCUT2D eigenvalue weighted by Gasteiger charge is 2.16. The molecule has 1 aromatic carbocycles. The molecule has 0 saturated carbocycles. The maximum atomic E-state index is 12.1. The van der Waals surface area contributed by atoms with Crippen molar-refractivity contribution in [2.75, 3.05) is 11.5 Å². The first-order chi connectivity index (χ1) is 9.88. The molecule has 0 bridgehead atoms. The summed E-state index contributed by atoms with van der Waals surface area (Å²) in [6, 6.07) is 8.26. The summed E-state index contributed by atoms with van der Waals surface area (Å²) in [5.74, 6) is 0.353. The van der Waals surface area contributed by atoms with Crippen molar-refractivity contribution in [1.82, 2.24) is 4.98 Å². The van der Waals surface area contributed by atoms with E-state index >= 15 is 0 Å². The molecular weight excluding hydrogens is 326 g/mol. The molecule has 2 aromatic rings. The Labute approximate surface area is 131 Å². The lowest BCUT2D eigenvalue weighted by Crippen LogP contribution is -2.14. The number of nitrogens with zero attached hydrogens (tertiary/aromatic N) is 1. The fraction of sp³-hybridized carbons (Fsp3) is 0.357. The van der Waals surface area contributed by atoms with E-state index in [0.29, 0.717) is 5.75 Å². The SMILES string of the molecule is Cc1nc(CS(=O)CCS(=O)(=O)c2ccccc2)sc1C. The number of benzene rings is 1. The second kappa shape index (κ2) is 6.81. The van der Waals surface area contributed by atoms with Crippen LogP contribution in [0.4, 0.5) is 0 Å². The highest BCUT2D eigenvalue weighted by atomic mass is 32.2. The average Bonchev–Trinajstić information content (AvgIpc) is 2.76. The molecule has 21 heavy (non-hydrogen) atoms. The van der Waals surface area contributed by atoms with Gasteiger partial charge in [-0.1, -0.05) is 18.2 Å². The topological polar surface area (TPSA) is 64.1 Å². The summed E-state index contributed by atoms with van der Waals surface area (Å²) in [6.45, 7) is 3.89. The summed E-state index contributed by atoms with van der Waals surface area (Å²) >= 11 is 1.52. The van der Waals surface area contributed by atoms with E-state index in [1.807, 2.05) is 13.8 Å². The van der Waals surface area contributed by atoms with Gasteiger partial charge >= 0.3 is 0 Å². The van der Waals surface area contributed by atoms with Gasteiger partial charge in [0, 0.05) is 21.4 Å². The van der Waals surface area contributed by atoms with Crippen molar-refractivity contribution in [3.05, 3.63) is 45.9 Å². The smallest absolute Gasteiger partial charge is 0.179 e. The van der Waals surface area contributed by atoms with E-state index < -0.39 is 20.6 Å². The van der Waals surface area contributed by atoms with Gasteiger partial charge in [0.1, 0.15) is 5.01 Å².